The molecule has 69 valence electrons. The summed E-state index contributed by atoms with van der Waals surface area (Å²) in [5.74, 6) is 0.704. The van der Waals surface area contributed by atoms with Gasteiger partial charge in [-0.1, -0.05) is 31.0 Å². The van der Waals surface area contributed by atoms with Crippen LogP contribution in [0.5, 0.6) is 0 Å². The highest BCUT2D eigenvalue weighted by Gasteiger charge is 2.22. The normalized spacial score (nSPS) is 20.4. The average molecular weight is 174 g/mol. The monoisotopic (exact) mass is 174 g/mol. The van der Waals surface area contributed by atoms with E-state index in [1.54, 1.807) is 0 Å². The SMILES string of the molecule is NC(c1c[c]ccc1)C1CCCC1. The van der Waals surface area contributed by atoms with Gasteiger partial charge in [0.05, 0.1) is 0 Å². The third-order valence-electron chi connectivity index (χ3n) is 3.02. The molecule has 2 rings (SSSR count). The zero-order valence-electron chi connectivity index (χ0n) is 7.87. The summed E-state index contributed by atoms with van der Waals surface area (Å²) in [6.45, 7) is 0. The lowest BCUT2D eigenvalue weighted by Gasteiger charge is -2.18. The third-order valence-corrected chi connectivity index (χ3v) is 3.02. The second-order valence-electron chi connectivity index (χ2n) is 3.91. The molecule has 1 aromatic rings. The average Bonchev–Trinajstić information content (AvgIpc) is 2.71. The van der Waals surface area contributed by atoms with Crippen molar-refractivity contribution in [2.75, 3.05) is 0 Å². The fourth-order valence-corrected chi connectivity index (χ4v) is 2.20. The van der Waals surface area contributed by atoms with Gasteiger partial charge in [-0.3, -0.25) is 0 Å². The van der Waals surface area contributed by atoms with Gasteiger partial charge in [0.2, 0.25) is 0 Å². The van der Waals surface area contributed by atoms with E-state index in [0.29, 0.717) is 5.92 Å². The molecule has 2 N–H and O–H groups in total. The first-order chi connectivity index (χ1) is 6.38. The van der Waals surface area contributed by atoms with E-state index in [1.165, 1.54) is 31.2 Å². The fourth-order valence-electron chi connectivity index (χ4n) is 2.20. The van der Waals surface area contributed by atoms with E-state index < -0.39 is 0 Å². The molecule has 1 aromatic carbocycles. The maximum atomic E-state index is 6.18. The zero-order chi connectivity index (χ0) is 9.10. The number of hydrogen-bond acceptors (Lipinski definition) is 1. The molecule has 1 radical (unpaired) electrons. The van der Waals surface area contributed by atoms with Gasteiger partial charge < -0.3 is 5.73 Å². The van der Waals surface area contributed by atoms with Crippen LogP contribution in [0.2, 0.25) is 0 Å². The molecule has 0 saturated heterocycles. The molecule has 0 bridgehead atoms. The molecule has 1 fully saturated rings. The van der Waals surface area contributed by atoms with Crippen LogP contribution in [0.25, 0.3) is 0 Å². The Balaban J connectivity index is 2.08. The highest BCUT2D eigenvalue weighted by atomic mass is 14.7. The maximum absolute atomic E-state index is 6.18. The van der Waals surface area contributed by atoms with Crippen LogP contribution in [0.3, 0.4) is 0 Å². The van der Waals surface area contributed by atoms with E-state index in [4.69, 9.17) is 5.73 Å². The Hall–Kier alpha value is -0.820. The standard InChI is InChI=1S/C12H16N/c13-12(11-8-4-5-9-11)10-6-2-1-3-7-10/h1-2,6-7,11-12H,4-5,8-9,13H2. The first kappa shape index (κ1) is 8.76. The van der Waals surface area contributed by atoms with Crippen molar-refractivity contribution in [1.29, 1.82) is 0 Å². The summed E-state index contributed by atoms with van der Waals surface area (Å²) in [6, 6.07) is 11.4. The van der Waals surface area contributed by atoms with Gasteiger partial charge in [0.1, 0.15) is 0 Å². The third kappa shape index (κ3) is 1.92. The van der Waals surface area contributed by atoms with Crippen LogP contribution >= 0.6 is 0 Å². The zero-order valence-corrected chi connectivity index (χ0v) is 7.87. The highest BCUT2D eigenvalue weighted by Crippen LogP contribution is 2.33. The van der Waals surface area contributed by atoms with Crippen LogP contribution < -0.4 is 5.73 Å². The number of hydrogen-bond donors (Lipinski definition) is 1. The predicted octanol–water partition coefficient (Wildman–Crippen LogP) is 2.68. The number of rotatable bonds is 2. The molecule has 0 spiro atoms. The van der Waals surface area contributed by atoms with Crippen molar-refractivity contribution < 1.29 is 0 Å². The molecule has 1 heteroatoms. The number of benzene rings is 1. The van der Waals surface area contributed by atoms with Gasteiger partial charge >= 0.3 is 0 Å². The molecule has 1 aliphatic carbocycles. The second-order valence-corrected chi connectivity index (χ2v) is 3.91. The van der Waals surface area contributed by atoms with Crippen LogP contribution in [0.1, 0.15) is 37.3 Å². The van der Waals surface area contributed by atoms with E-state index in [9.17, 15) is 0 Å². The Morgan fingerprint density at radius 2 is 2.15 bits per heavy atom. The van der Waals surface area contributed by atoms with Crippen LogP contribution in [-0.4, -0.2) is 0 Å². The number of nitrogens with two attached hydrogens (primary N) is 1. The predicted molar refractivity (Wildman–Crippen MR) is 54.2 cm³/mol. The van der Waals surface area contributed by atoms with Gasteiger partial charge in [0.25, 0.3) is 0 Å². The molecule has 13 heavy (non-hydrogen) atoms. The molecule has 0 heterocycles. The molecular formula is C12H16N. The summed E-state index contributed by atoms with van der Waals surface area (Å²) in [5, 5.41) is 0. The van der Waals surface area contributed by atoms with E-state index >= 15 is 0 Å². The summed E-state index contributed by atoms with van der Waals surface area (Å²) in [5.41, 5.74) is 7.43. The minimum atomic E-state index is 0.236. The van der Waals surface area contributed by atoms with Crippen molar-refractivity contribution in [3.05, 3.63) is 35.9 Å². The fraction of sp³-hybridized carbons (Fsp3) is 0.500. The lowest BCUT2D eigenvalue weighted by molar-refractivity contribution is 0.445. The lowest BCUT2D eigenvalue weighted by Crippen LogP contribution is -2.18. The first-order valence-electron chi connectivity index (χ1n) is 5.09. The summed E-state index contributed by atoms with van der Waals surface area (Å²) >= 11 is 0. The molecule has 1 atom stereocenters. The quantitative estimate of drug-likeness (QED) is 0.733. The van der Waals surface area contributed by atoms with E-state index in [0.717, 1.165) is 0 Å². The van der Waals surface area contributed by atoms with Gasteiger partial charge in [-0.25, -0.2) is 0 Å². The molecule has 1 saturated carbocycles. The van der Waals surface area contributed by atoms with Gasteiger partial charge in [-0.2, -0.15) is 0 Å². The Labute approximate surface area is 80.0 Å². The molecule has 0 aliphatic heterocycles. The van der Waals surface area contributed by atoms with E-state index in [1.807, 2.05) is 18.2 Å². The van der Waals surface area contributed by atoms with Gasteiger partial charge in [-0.05, 0) is 36.5 Å². The molecule has 1 unspecified atom stereocenters. The topological polar surface area (TPSA) is 26.0 Å². The molecule has 1 aliphatic rings. The Morgan fingerprint density at radius 1 is 1.38 bits per heavy atom. The van der Waals surface area contributed by atoms with E-state index in [2.05, 4.69) is 12.1 Å². The Bertz CT molecular complexity index is 249. The van der Waals surface area contributed by atoms with Crippen LogP contribution in [0.15, 0.2) is 24.3 Å². The minimum Gasteiger partial charge on any atom is -0.324 e. The molecular weight excluding hydrogens is 158 g/mol. The van der Waals surface area contributed by atoms with Gasteiger partial charge in [0, 0.05) is 6.04 Å². The van der Waals surface area contributed by atoms with Gasteiger partial charge in [0.15, 0.2) is 0 Å². The van der Waals surface area contributed by atoms with Gasteiger partial charge in [-0.15, -0.1) is 0 Å². The Morgan fingerprint density at radius 3 is 2.77 bits per heavy atom. The van der Waals surface area contributed by atoms with Crippen molar-refractivity contribution >= 4 is 0 Å². The maximum Gasteiger partial charge on any atom is 0.0323 e. The highest BCUT2D eigenvalue weighted by molar-refractivity contribution is 5.18. The van der Waals surface area contributed by atoms with Crippen LogP contribution in [-0.2, 0) is 0 Å². The second kappa shape index (κ2) is 3.93. The lowest BCUT2D eigenvalue weighted by atomic mass is 9.93. The van der Waals surface area contributed by atoms with Crippen LogP contribution in [0, 0.1) is 12.0 Å². The minimum absolute atomic E-state index is 0.236. The van der Waals surface area contributed by atoms with Crippen LogP contribution in [0.4, 0.5) is 0 Å². The van der Waals surface area contributed by atoms with E-state index in [-0.39, 0.29) is 6.04 Å². The Kier molecular flexibility index (Phi) is 2.65. The van der Waals surface area contributed by atoms with Crippen molar-refractivity contribution in [2.24, 2.45) is 11.7 Å². The first-order valence-corrected chi connectivity index (χ1v) is 5.09. The van der Waals surface area contributed by atoms with Crippen molar-refractivity contribution in [2.45, 2.75) is 31.7 Å². The summed E-state index contributed by atoms with van der Waals surface area (Å²) in [4.78, 5) is 0. The summed E-state index contributed by atoms with van der Waals surface area (Å²) < 4.78 is 0. The smallest absolute Gasteiger partial charge is 0.0323 e. The van der Waals surface area contributed by atoms with Crippen molar-refractivity contribution in [1.82, 2.24) is 0 Å². The van der Waals surface area contributed by atoms with Crippen molar-refractivity contribution in [3.63, 3.8) is 0 Å². The molecule has 0 amide bonds. The summed E-state index contributed by atoms with van der Waals surface area (Å²) in [7, 11) is 0. The summed E-state index contributed by atoms with van der Waals surface area (Å²) in [6.07, 6.45) is 5.32. The largest absolute Gasteiger partial charge is 0.324 e. The molecule has 1 nitrogen and oxygen atoms in total. The molecule has 0 aromatic heterocycles. The van der Waals surface area contributed by atoms with Crippen molar-refractivity contribution in [3.8, 4) is 0 Å².